The maximum absolute atomic E-state index is 13.3. The molecule has 3 nitrogen and oxygen atoms in total. The topological polar surface area (TPSA) is 27.7 Å². The number of ether oxygens (including phenoxy) is 3. The molecule has 0 saturated carbocycles. The van der Waals surface area contributed by atoms with Crippen molar-refractivity contribution in [3.63, 3.8) is 0 Å². The average Bonchev–Trinajstić information content (AvgIpc) is 3.07. The molecule has 2 unspecified atom stereocenters. The van der Waals surface area contributed by atoms with Gasteiger partial charge in [-0.3, -0.25) is 0 Å². The van der Waals surface area contributed by atoms with Crippen LogP contribution in [0.25, 0.3) is 0 Å². The number of hydrogen-bond acceptors (Lipinski definition) is 3. The van der Waals surface area contributed by atoms with Crippen molar-refractivity contribution >= 4 is 13.5 Å². The van der Waals surface area contributed by atoms with Crippen LogP contribution in [-0.4, -0.2) is 26.0 Å². The number of methoxy groups -OCH3 is 1. The van der Waals surface area contributed by atoms with Crippen LogP contribution in [0.15, 0.2) is 24.3 Å². The maximum atomic E-state index is 13.3. The molecular weight excluding hydrogens is 315 g/mol. The molecule has 1 fully saturated rings. The molecule has 0 bridgehead atoms. The van der Waals surface area contributed by atoms with Gasteiger partial charge in [-0.2, -0.15) is 13.5 Å². The van der Waals surface area contributed by atoms with Crippen molar-refractivity contribution in [1.29, 1.82) is 0 Å². The van der Waals surface area contributed by atoms with E-state index in [1.165, 1.54) is 0 Å². The largest absolute Gasteiger partial charge is 0.497 e. The number of alkyl halides is 1. The van der Waals surface area contributed by atoms with E-state index in [0.29, 0.717) is 19.4 Å². The number of hydrogen-bond donors (Lipinski definition) is 0. The van der Waals surface area contributed by atoms with Crippen LogP contribution >= 0.6 is 13.5 Å². The van der Waals surface area contributed by atoms with E-state index in [4.69, 9.17) is 14.2 Å². The lowest BCUT2D eigenvalue weighted by Gasteiger charge is -2.13. The maximum Gasteiger partial charge on any atom is 0.184 e. The van der Waals surface area contributed by atoms with Crippen LogP contribution in [0.3, 0.4) is 0 Å². The molecule has 1 aromatic rings. The van der Waals surface area contributed by atoms with Gasteiger partial charge in [0.1, 0.15) is 11.9 Å². The first-order valence-electron chi connectivity index (χ1n) is 8.28. The third kappa shape index (κ3) is 8.58. The number of benzene rings is 1. The van der Waals surface area contributed by atoms with E-state index in [1.807, 2.05) is 58.9 Å². The number of halogens is 1. The highest BCUT2D eigenvalue weighted by molar-refractivity contribution is 7.59. The lowest BCUT2D eigenvalue weighted by Crippen LogP contribution is -2.16. The van der Waals surface area contributed by atoms with Gasteiger partial charge in [0.15, 0.2) is 6.29 Å². The van der Waals surface area contributed by atoms with Gasteiger partial charge in [0.25, 0.3) is 0 Å². The summed E-state index contributed by atoms with van der Waals surface area (Å²) in [5, 5.41) is 0. The van der Waals surface area contributed by atoms with Crippen LogP contribution in [0, 0.1) is 0 Å². The molecule has 0 amide bonds. The molecule has 1 aliphatic heterocycles. The van der Waals surface area contributed by atoms with Crippen LogP contribution in [0.4, 0.5) is 4.39 Å². The highest BCUT2D eigenvalue weighted by atomic mass is 32.1. The van der Waals surface area contributed by atoms with E-state index in [0.717, 1.165) is 11.3 Å². The summed E-state index contributed by atoms with van der Waals surface area (Å²) < 4.78 is 29.6. The van der Waals surface area contributed by atoms with Crippen molar-refractivity contribution in [3.05, 3.63) is 29.8 Å². The Morgan fingerprint density at radius 2 is 1.74 bits per heavy atom. The lowest BCUT2D eigenvalue weighted by molar-refractivity contribution is -0.0639. The first-order chi connectivity index (χ1) is 10.7. The highest BCUT2D eigenvalue weighted by Crippen LogP contribution is 2.30. The molecule has 0 aromatic heterocycles. The monoisotopic (exact) mass is 348 g/mol. The third-order valence-corrected chi connectivity index (χ3v) is 3.10. The van der Waals surface area contributed by atoms with Gasteiger partial charge in [0.05, 0.1) is 19.8 Å². The standard InChI is InChI=1S/C14H19FO3.2C2H6.H2S/c1-3-11(15)8-13-9-17-14(18-13)10-4-6-12(16-2)7-5-10;2*1-2;/h4-7,11,13-14H,3,8-9H2,1-2H3;2*1-2H3;1H2/t11?,13-,14?;;;/m1.../s1. The minimum atomic E-state index is -0.812. The molecule has 136 valence electrons. The first kappa shape index (κ1) is 24.5. The SMILES string of the molecule is CC.CC.CCC(F)C[C@@H]1COC(c2ccc(OC)cc2)O1.S. The summed E-state index contributed by atoms with van der Waals surface area (Å²) in [6.07, 6.45) is -0.416. The van der Waals surface area contributed by atoms with Gasteiger partial charge in [-0.05, 0) is 18.6 Å². The van der Waals surface area contributed by atoms with Gasteiger partial charge in [-0.15, -0.1) is 0 Å². The molecule has 2 rings (SSSR count). The van der Waals surface area contributed by atoms with Crippen molar-refractivity contribution < 1.29 is 18.6 Å². The molecular formula is C18H33FO3S. The van der Waals surface area contributed by atoms with Crippen LogP contribution in [-0.2, 0) is 9.47 Å². The lowest BCUT2D eigenvalue weighted by atomic mass is 10.1. The molecule has 1 aromatic carbocycles. The molecule has 5 heteroatoms. The molecule has 0 aliphatic carbocycles. The first-order valence-corrected chi connectivity index (χ1v) is 8.28. The van der Waals surface area contributed by atoms with Crippen LogP contribution < -0.4 is 4.74 Å². The minimum absolute atomic E-state index is 0. The molecule has 3 atom stereocenters. The fourth-order valence-electron chi connectivity index (χ4n) is 1.96. The van der Waals surface area contributed by atoms with Gasteiger partial charge < -0.3 is 14.2 Å². The van der Waals surface area contributed by atoms with Gasteiger partial charge in [-0.1, -0.05) is 46.8 Å². The van der Waals surface area contributed by atoms with Gasteiger partial charge in [0.2, 0.25) is 0 Å². The molecule has 0 N–H and O–H groups in total. The van der Waals surface area contributed by atoms with E-state index in [-0.39, 0.29) is 25.9 Å². The smallest absolute Gasteiger partial charge is 0.184 e. The predicted octanol–water partition coefficient (Wildman–Crippen LogP) is 5.41. The van der Waals surface area contributed by atoms with Crippen LogP contribution in [0.5, 0.6) is 5.75 Å². The summed E-state index contributed by atoms with van der Waals surface area (Å²) in [7, 11) is 1.62. The Balaban J connectivity index is 0. The molecule has 1 aliphatic rings. The Morgan fingerprint density at radius 3 is 2.22 bits per heavy atom. The van der Waals surface area contributed by atoms with Gasteiger partial charge >= 0.3 is 0 Å². The van der Waals surface area contributed by atoms with Crippen molar-refractivity contribution in [2.75, 3.05) is 13.7 Å². The second-order valence-electron chi connectivity index (χ2n) is 4.44. The summed E-state index contributed by atoms with van der Waals surface area (Å²) >= 11 is 0. The average molecular weight is 349 g/mol. The van der Waals surface area contributed by atoms with E-state index in [9.17, 15) is 4.39 Å². The molecule has 1 heterocycles. The Labute approximate surface area is 148 Å². The summed E-state index contributed by atoms with van der Waals surface area (Å²) in [5.41, 5.74) is 0.935. The van der Waals surface area contributed by atoms with Crippen molar-refractivity contribution in [1.82, 2.24) is 0 Å². The zero-order chi connectivity index (χ0) is 17.0. The Bertz CT molecular complexity index is 373. The van der Waals surface area contributed by atoms with E-state index >= 15 is 0 Å². The fourth-order valence-corrected chi connectivity index (χ4v) is 1.96. The van der Waals surface area contributed by atoms with E-state index < -0.39 is 6.17 Å². The normalized spacial score (nSPS) is 20.1. The third-order valence-electron chi connectivity index (χ3n) is 3.10. The van der Waals surface area contributed by atoms with Crippen LogP contribution in [0.1, 0.15) is 59.3 Å². The van der Waals surface area contributed by atoms with E-state index in [1.54, 1.807) is 7.11 Å². The number of rotatable bonds is 5. The second-order valence-corrected chi connectivity index (χ2v) is 4.44. The second kappa shape index (κ2) is 14.8. The van der Waals surface area contributed by atoms with E-state index in [2.05, 4.69) is 0 Å². The fraction of sp³-hybridized carbons (Fsp3) is 0.667. The molecule has 0 spiro atoms. The summed E-state index contributed by atoms with van der Waals surface area (Å²) in [5.74, 6) is 0.795. The Kier molecular flexibility index (Phi) is 15.7. The van der Waals surface area contributed by atoms with Crippen molar-refractivity contribution in [2.24, 2.45) is 0 Å². The molecule has 23 heavy (non-hydrogen) atoms. The predicted molar refractivity (Wildman–Crippen MR) is 99.4 cm³/mol. The quantitative estimate of drug-likeness (QED) is 0.712. The molecule has 0 radical (unpaired) electrons. The zero-order valence-electron chi connectivity index (χ0n) is 15.3. The van der Waals surface area contributed by atoms with Gasteiger partial charge in [0, 0.05) is 12.0 Å². The summed E-state index contributed by atoms with van der Waals surface area (Å²) in [6, 6.07) is 7.52. The van der Waals surface area contributed by atoms with Crippen molar-refractivity contribution in [2.45, 2.75) is 66.0 Å². The van der Waals surface area contributed by atoms with Crippen LogP contribution in [0.2, 0.25) is 0 Å². The summed E-state index contributed by atoms with van der Waals surface area (Å²) in [4.78, 5) is 0. The van der Waals surface area contributed by atoms with Gasteiger partial charge in [-0.25, -0.2) is 4.39 Å². The highest BCUT2D eigenvalue weighted by Gasteiger charge is 2.28. The molecule has 1 saturated heterocycles. The Hall–Kier alpha value is -0.780. The van der Waals surface area contributed by atoms with Crippen molar-refractivity contribution in [3.8, 4) is 5.75 Å². The summed E-state index contributed by atoms with van der Waals surface area (Å²) in [6.45, 7) is 10.3. The minimum Gasteiger partial charge on any atom is -0.497 e. The zero-order valence-corrected chi connectivity index (χ0v) is 16.3. The Morgan fingerprint density at radius 1 is 1.17 bits per heavy atom.